The Labute approximate surface area is 164 Å². The van der Waals surface area contributed by atoms with Gasteiger partial charge in [-0.3, -0.25) is 4.79 Å². The van der Waals surface area contributed by atoms with Gasteiger partial charge in [0.2, 0.25) is 17.6 Å². The van der Waals surface area contributed by atoms with Crippen molar-refractivity contribution in [2.24, 2.45) is 0 Å². The lowest BCUT2D eigenvalue weighted by Gasteiger charge is -2.36. The molecule has 0 unspecified atom stereocenters. The number of carbonyl (C=O) groups is 1. The van der Waals surface area contributed by atoms with Gasteiger partial charge in [0, 0.05) is 50.3 Å². The highest BCUT2D eigenvalue weighted by atomic mass is 16.5. The molecule has 1 aliphatic heterocycles. The molecule has 0 saturated carbocycles. The first-order chi connectivity index (χ1) is 13.7. The summed E-state index contributed by atoms with van der Waals surface area (Å²) in [6.07, 6.45) is 0.859. The highest BCUT2D eigenvalue weighted by Crippen LogP contribution is 2.18. The van der Waals surface area contributed by atoms with Crippen molar-refractivity contribution in [2.45, 2.75) is 19.8 Å². The molecule has 1 aliphatic rings. The van der Waals surface area contributed by atoms with Crippen LogP contribution in [-0.4, -0.2) is 47.1 Å². The maximum absolute atomic E-state index is 12.5. The molecule has 1 aromatic heterocycles. The van der Waals surface area contributed by atoms with E-state index in [4.69, 9.17) is 4.52 Å². The predicted octanol–water partition coefficient (Wildman–Crippen LogP) is 3.33. The maximum atomic E-state index is 12.5. The topological polar surface area (TPSA) is 62.5 Å². The molecule has 3 aromatic rings. The van der Waals surface area contributed by atoms with E-state index in [9.17, 15) is 4.79 Å². The Morgan fingerprint density at radius 2 is 1.71 bits per heavy atom. The molecule has 2 heterocycles. The van der Waals surface area contributed by atoms with Gasteiger partial charge in [-0.2, -0.15) is 4.98 Å². The Morgan fingerprint density at radius 3 is 2.43 bits per heavy atom. The van der Waals surface area contributed by atoms with Gasteiger partial charge in [0.15, 0.2) is 0 Å². The number of benzene rings is 2. The van der Waals surface area contributed by atoms with Crippen molar-refractivity contribution in [3.8, 4) is 11.4 Å². The molecular weight excluding hydrogens is 352 g/mol. The SMILES string of the molecule is Cc1ccc(-c2noc(CCC(=O)N3CCN(c4ccccc4)CC3)n2)cc1. The van der Waals surface area contributed by atoms with Crippen LogP contribution in [0.1, 0.15) is 17.9 Å². The summed E-state index contributed by atoms with van der Waals surface area (Å²) in [4.78, 5) is 21.2. The van der Waals surface area contributed by atoms with E-state index in [2.05, 4.69) is 27.2 Å². The highest BCUT2D eigenvalue weighted by molar-refractivity contribution is 5.76. The normalized spacial score (nSPS) is 14.3. The summed E-state index contributed by atoms with van der Waals surface area (Å²) in [7, 11) is 0. The second kappa shape index (κ2) is 8.25. The summed E-state index contributed by atoms with van der Waals surface area (Å²) in [5, 5.41) is 4.03. The molecule has 0 radical (unpaired) electrons. The predicted molar refractivity (Wildman–Crippen MR) is 108 cm³/mol. The second-order valence-electron chi connectivity index (χ2n) is 7.08. The van der Waals surface area contributed by atoms with Gasteiger partial charge in [-0.15, -0.1) is 0 Å². The molecule has 0 aliphatic carbocycles. The Bertz CT molecular complexity index is 913. The van der Waals surface area contributed by atoms with Crippen LogP contribution < -0.4 is 4.90 Å². The largest absolute Gasteiger partial charge is 0.368 e. The molecule has 6 nitrogen and oxygen atoms in total. The Hall–Kier alpha value is -3.15. The van der Waals surface area contributed by atoms with Gasteiger partial charge >= 0.3 is 0 Å². The van der Waals surface area contributed by atoms with E-state index in [-0.39, 0.29) is 5.91 Å². The number of hydrogen-bond acceptors (Lipinski definition) is 5. The van der Waals surface area contributed by atoms with Crippen molar-refractivity contribution in [3.63, 3.8) is 0 Å². The lowest BCUT2D eigenvalue weighted by molar-refractivity contribution is -0.131. The van der Waals surface area contributed by atoms with Crippen molar-refractivity contribution in [3.05, 3.63) is 66.1 Å². The molecular formula is C22H24N4O2. The van der Waals surface area contributed by atoms with E-state index >= 15 is 0 Å². The average Bonchev–Trinajstić information content (AvgIpc) is 3.22. The van der Waals surface area contributed by atoms with Crippen LogP contribution in [0.5, 0.6) is 0 Å². The summed E-state index contributed by atoms with van der Waals surface area (Å²) in [6.45, 7) is 5.23. The number of piperazine rings is 1. The zero-order valence-corrected chi connectivity index (χ0v) is 16.0. The number of aryl methyl sites for hydroxylation is 2. The number of aromatic nitrogens is 2. The third kappa shape index (κ3) is 4.22. The van der Waals surface area contributed by atoms with E-state index < -0.39 is 0 Å². The quantitative estimate of drug-likeness (QED) is 0.684. The fourth-order valence-corrected chi connectivity index (χ4v) is 3.40. The van der Waals surface area contributed by atoms with Crippen molar-refractivity contribution in [1.82, 2.24) is 15.0 Å². The number of para-hydroxylation sites is 1. The van der Waals surface area contributed by atoms with Crippen molar-refractivity contribution >= 4 is 11.6 Å². The Balaban J connectivity index is 1.28. The average molecular weight is 376 g/mol. The van der Waals surface area contributed by atoms with Crippen LogP contribution in [0.4, 0.5) is 5.69 Å². The lowest BCUT2D eigenvalue weighted by Crippen LogP contribution is -2.48. The van der Waals surface area contributed by atoms with Crippen LogP contribution in [-0.2, 0) is 11.2 Å². The van der Waals surface area contributed by atoms with Crippen LogP contribution in [0.15, 0.2) is 59.1 Å². The van der Waals surface area contributed by atoms with Gasteiger partial charge in [-0.1, -0.05) is 53.2 Å². The number of carbonyl (C=O) groups excluding carboxylic acids is 1. The van der Waals surface area contributed by atoms with Crippen LogP contribution >= 0.6 is 0 Å². The van der Waals surface area contributed by atoms with Crippen molar-refractivity contribution < 1.29 is 9.32 Å². The van der Waals surface area contributed by atoms with Crippen LogP contribution in [0, 0.1) is 6.92 Å². The van der Waals surface area contributed by atoms with Gasteiger partial charge < -0.3 is 14.3 Å². The summed E-state index contributed by atoms with van der Waals surface area (Å²) < 4.78 is 5.32. The fraction of sp³-hybridized carbons (Fsp3) is 0.318. The molecule has 28 heavy (non-hydrogen) atoms. The van der Waals surface area contributed by atoms with Gasteiger partial charge in [0.25, 0.3) is 0 Å². The summed E-state index contributed by atoms with van der Waals surface area (Å²) >= 11 is 0. The van der Waals surface area contributed by atoms with E-state index in [1.165, 1.54) is 11.3 Å². The molecule has 4 rings (SSSR count). The summed E-state index contributed by atoms with van der Waals surface area (Å²) in [5.41, 5.74) is 3.32. The number of nitrogens with zero attached hydrogens (tertiary/aromatic N) is 4. The minimum absolute atomic E-state index is 0.141. The molecule has 6 heteroatoms. The van der Waals surface area contributed by atoms with Gasteiger partial charge in [0.05, 0.1) is 0 Å². The highest BCUT2D eigenvalue weighted by Gasteiger charge is 2.21. The van der Waals surface area contributed by atoms with Gasteiger partial charge in [-0.25, -0.2) is 0 Å². The molecule has 0 N–H and O–H groups in total. The molecule has 1 saturated heterocycles. The first-order valence-electron chi connectivity index (χ1n) is 9.66. The Kier molecular flexibility index (Phi) is 5.37. The smallest absolute Gasteiger partial charge is 0.227 e. The molecule has 2 aromatic carbocycles. The van der Waals surface area contributed by atoms with E-state index in [0.29, 0.717) is 24.6 Å². The standard InChI is InChI=1S/C22H24N4O2/c1-17-7-9-18(10-8-17)22-23-20(28-24-22)11-12-21(27)26-15-13-25(14-16-26)19-5-3-2-4-6-19/h2-10H,11-16H2,1H3. The van der Waals surface area contributed by atoms with E-state index in [0.717, 1.165) is 31.7 Å². The van der Waals surface area contributed by atoms with Crippen LogP contribution in [0.3, 0.4) is 0 Å². The minimum Gasteiger partial charge on any atom is -0.368 e. The first-order valence-corrected chi connectivity index (χ1v) is 9.66. The van der Waals surface area contributed by atoms with Crippen LogP contribution in [0.25, 0.3) is 11.4 Å². The summed E-state index contributed by atoms with van der Waals surface area (Å²) in [6, 6.07) is 18.3. The lowest BCUT2D eigenvalue weighted by atomic mass is 10.1. The molecule has 0 spiro atoms. The van der Waals surface area contributed by atoms with E-state index in [1.54, 1.807) is 0 Å². The first kappa shape index (κ1) is 18.2. The number of hydrogen-bond donors (Lipinski definition) is 0. The molecule has 0 bridgehead atoms. The van der Waals surface area contributed by atoms with Gasteiger partial charge in [0.1, 0.15) is 0 Å². The van der Waals surface area contributed by atoms with Gasteiger partial charge in [-0.05, 0) is 19.1 Å². The molecule has 144 valence electrons. The molecule has 0 atom stereocenters. The number of rotatable bonds is 5. The minimum atomic E-state index is 0.141. The third-order valence-electron chi connectivity index (χ3n) is 5.08. The van der Waals surface area contributed by atoms with Crippen molar-refractivity contribution in [2.75, 3.05) is 31.1 Å². The fourth-order valence-electron chi connectivity index (χ4n) is 3.40. The third-order valence-corrected chi connectivity index (χ3v) is 5.08. The maximum Gasteiger partial charge on any atom is 0.227 e. The second-order valence-corrected chi connectivity index (χ2v) is 7.08. The zero-order valence-electron chi connectivity index (χ0n) is 16.0. The Morgan fingerprint density at radius 1 is 1.00 bits per heavy atom. The molecule has 1 amide bonds. The summed E-state index contributed by atoms with van der Waals surface area (Å²) in [5.74, 6) is 1.22. The van der Waals surface area contributed by atoms with Crippen molar-refractivity contribution in [1.29, 1.82) is 0 Å². The monoisotopic (exact) mass is 376 g/mol. The number of anilines is 1. The zero-order chi connectivity index (χ0) is 19.3. The number of amides is 1. The van der Waals surface area contributed by atoms with Crippen LogP contribution in [0.2, 0.25) is 0 Å². The van der Waals surface area contributed by atoms with E-state index in [1.807, 2.05) is 54.3 Å². The molecule has 1 fully saturated rings.